The lowest BCUT2D eigenvalue weighted by molar-refractivity contribution is -0.150. The summed E-state index contributed by atoms with van der Waals surface area (Å²) in [6.45, 7) is 1.16. The fourth-order valence-electron chi connectivity index (χ4n) is 4.34. The number of aryl methyl sites for hydroxylation is 2. The van der Waals surface area contributed by atoms with Crippen LogP contribution in [0.4, 0.5) is 0 Å². The normalized spacial score (nSPS) is 19.1. The van der Waals surface area contributed by atoms with E-state index in [2.05, 4.69) is 9.88 Å². The van der Waals surface area contributed by atoms with Crippen LogP contribution in [0.1, 0.15) is 19.3 Å². The molecule has 166 valence electrons. The molecule has 3 atom stereocenters. The van der Waals surface area contributed by atoms with Crippen LogP contribution in [0.3, 0.4) is 0 Å². The minimum atomic E-state index is -1.29. The van der Waals surface area contributed by atoms with Crippen LogP contribution in [0.15, 0.2) is 15.9 Å². The Morgan fingerprint density at radius 1 is 1.20 bits per heavy atom. The van der Waals surface area contributed by atoms with Crippen LogP contribution in [0, 0.1) is 11.8 Å². The standard InChI is InChI=1S/C19H29N5O6/c1-21-6-4-11(5-7-21)14(18(28)29)13(26)8-12(25)9-24-17(27)15-16(20-10-22(15)2)23(3)19(24)30/h10-14,25-26H,4-9H2,1-3H3,(H,28,29)/t12-,13+,14?/m0/s1. The number of rotatable bonds is 7. The van der Waals surface area contributed by atoms with Crippen LogP contribution in [0.2, 0.25) is 0 Å². The van der Waals surface area contributed by atoms with E-state index in [4.69, 9.17) is 0 Å². The van der Waals surface area contributed by atoms with Crippen LogP contribution >= 0.6 is 0 Å². The number of carbonyl (C=O) groups is 1. The minimum absolute atomic E-state index is 0.192. The highest BCUT2D eigenvalue weighted by Gasteiger charge is 2.37. The molecule has 0 aromatic carbocycles. The molecule has 0 radical (unpaired) electrons. The highest BCUT2D eigenvalue weighted by atomic mass is 16.4. The van der Waals surface area contributed by atoms with Gasteiger partial charge in [-0.25, -0.2) is 9.78 Å². The van der Waals surface area contributed by atoms with Crippen LogP contribution in [-0.4, -0.2) is 77.2 Å². The summed E-state index contributed by atoms with van der Waals surface area (Å²) in [6.07, 6.45) is -0.0671. The molecule has 3 rings (SSSR count). The van der Waals surface area contributed by atoms with E-state index in [-0.39, 0.29) is 30.0 Å². The summed E-state index contributed by atoms with van der Waals surface area (Å²) in [4.78, 5) is 43.2. The van der Waals surface area contributed by atoms with E-state index < -0.39 is 35.3 Å². The van der Waals surface area contributed by atoms with Gasteiger partial charge in [-0.2, -0.15) is 0 Å². The summed E-state index contributed by atoms with van der Waals surface area (Å²) in [7, 11) is 5.07. The van der Waals surface area contributed by atoms with Crippen molar-refractivity contribution in [1.82, 2.24) is 23.6 Å². The van der Waals surface area contributed by atoms with Gasteiger partial charge in [0, 0.05) is 20.5 Å². The lowest BCUT2D eigenvalue weighted by Gasteiger charge is -2.34. The maximum atomic E-state index is 12.7. The number of carboxylic acid groups (broad SMARTS) is 1. The fourth-order valence-corrected chi connectivity index (χ4v) is 4.34. The fraction of sp³-hybridized carbons (Fsp3) is 0.684. The Balaban J connectivity index is 1.78. The van der Waals surface area contributed by atoms with E-state index in [1.807, 2.05) is 7.05 Å². The van der Waals surface area contributed by atoms with Crippen LogP contribution in [0.5, 0.6) is 0 Å². The quantitative estimate of drug-likeness (QED) is 0.493. The Hall–Kier alpha value is -2.50. The van der Waals surface area contributed by atoms with E-state index in [1.165, 1.54) is 22.5 Å². The molecule has 0 saturated carbocycles. The Bertz CT molecular complexity index is 1030. The predicted octanol–water partition coefficient (Wildman–Crippen LogP) is -1.41. The highest BCUT2D eigenvalue weighted by Crippen LogP contribution is 2.29. The van der Waals surface area contributed by atoms with Crippen molar-refractivity contribution in [2.75, 3.05) is 20.1 Å². The van der Waals surface area contributed by atoms with Gasteiger partial charge >= 0.3 is 11.7 Å². The van der Waals surface area contributed by atoms with E-state index >= 15 is 0 Å². The summed E-state index contributed by atoms with van der Waals surface area (Å²) in [5.74, 6) is -2.30. The first-order valence-corrected chi connectivity index (χ1v) is 10.00. The van der Waals surface area contributed by atoms with Crippen molar-refractivity contribution in [3.63, 3.8) is 0 Å². The first-order chi connectivity index (χ1) is 14.1. The molecule has 2 aromatic rings. The van der Waals surface area contributed by atoms with Gasteiger partial charge in [0.25, 0.3) is 5.56 Å². The van der Waals surface area contributed by atoms with E-state index in [0.717, 1.165) is 17.7 Å². The monoisotopic (exact) mass is 423 g/mol. The maximum Gasteiger partial charge on any atom is 0.332 e. The minimum Gasteiger partial charge on any atom is -0.481 e. The van der Waals surface area contributed by atoms with Gasteiger partial charge in [0.1, 0.15) is 0 Å². The molecule has 0 bridgehead atoms. The third-order valence-electron chi connectivity index (χ3n) is 6.08. The Morgan fingerprint density at radius 2 is 1.83 bits per heavy atom. The summed E-state index contributed by atoms with van der Waals surface area (Å²) >= 11 is 0. The number of fused-ring (bicyclic) bond motifs is 1. The number of aliphatic carboxylic acids is 1. The molecule has 1 aliphatic rings. The van der Waals surface area contributed by atoms with Gasteiger partial charge in [-0.1, -0.05) is 0 Å². The van der Waals surface area contributed by atoms with E-state index in [9.17, 15) is 29.7 Å². The lowest BCUT2D eigenvalue weighted by Crippen LogP contribution is -2.45. The second kappa shape index (κ2) is 8.70. The number of carboxylic acids is 1. The van der Waals surface area contributed by atoms with Crippen molar-refractivity contribution >= 4 is 17.1 Å². The molecule has 1 aliphatic heterocycles. The largest absolute Gasteiger partial charge is 0.481 e. The van der Waals surface area contributed by atoms with Crippen molar-refractivity contribution in [3.05, 3.63) is 27.2 Å². The van der Waals surface area contributed by atoms with Gasteiger partial charge in [-0.05, 0) is 38.9 Å². The van der Waals surface area contributed by atoms with Crippen LogP contribution in [-0.2, 0) is 25.4 Å². The molecule has 0 spiro atoms. The summed E-state index contributed by atoms with van der Waals surface area (Å²) < 4.78 is 3.61. The molecule has 30 heavy (non-hydrogen) atoms. The first-order valence-electron chi connectivity index (χ1n) is 10.00. The molecule has 11 heteroatoms. The number of piperidine rings is 1. The number of nitrogens with zero attached hydrogens (tertiary/aromatic N) is 5. The van der Waals surface area contributed by atoms with Crippen LogP contribution < -0.4 is 11.2 Å². The molecule has 3 heterocycles. The zero-order valence-electron chi connectivity index (χ0n) is 17.4. The number of aromatic nitrogens is 4. The number of hydrogen-bond acceptors (Lipinski definition) is 7. The highest BCUT2D eigenvalue weighted by molar-refractivity contribution is 5.71. The number of hydrogen-bond donors (Lipinski definition) is 3. The third-order valence-corrected chi connectivity index (χ3v) is 6.08. The second-order valence-corrected chi connectivity index (χ2v) is 8.25. The van der Waals surface area contributed by atoms with Crippen molar-refractivity contribution in [1.29, 1.82) is 0 Å². The molecule has 1 fully saturated rings. The van der Waals surface area contributed by atoms with Gasteiger partial charge < -0.3 is 24.8 Å². The molecule has 2 aromatic heterocycles. The molecule has 1 unspecified atom stereocenters. The number of aliphatic hydroxyl groups is 2. The molecule has 3 N–H and O–H groups in total. The molecule has 0 aliphatic carbocycles. The molecule has 11 nitrogen and oxygen atoms in total. The van der Waals surface area contributed by atoms with Crippen molar-refractivity contribution in [2.24, 2.45) is 25.9 Å². The smallest absolute Gasteiger partial charge is 0.332 e. The van der Waals surface area contributed by atoms with Gasteiger partial charge in [0.15, 0.2) is 11.2 Å². The first kappa shape index (κ1) is 22.2. The predicted molar refractivity (Wildman–Crippen MR) is 108 cm³/mol. The SMILES string of the molecule is CN1CCC(C(C(=O)O)[C@H](O)C[C@H](O)Cn2c(=O)c3c(ncn3C)n(C)c2=O)CC1. The van der Waals surface area contributed by atoms with Crippen molar-refractivity contribution in [2.45, 2.75) is 38.0 Å². The third kappa shape index (κ3) is 4.18. The molecular formula is C19H29N5O6. The molecule has 1 saturated heterocycles. The van der Waals surface area contributed by atoms with Crippen LogP contribution in [0.25, 0.3) is 11.2 Å². The van der Waals surface area contributed by atoms with E-state index in [0.29, 0.717) is 12.8 Å². The summed E-state index contributed by atoms with van der Waals surface area (Å²) in [6, 6.07) is 0. The maximum absolute atomic E-state index is 12.7. The Labute approximate surface area is 172 Å². The van der Waals surface area contributed by atoms with Gasteiger partial charge in [0.2, 0.25) is 0 Å². The average molecular weight is 423 g/mol. The van der Waals surface area contributed by atoms with Crippen molar-refractivity contribution in [3.8, 4) is 0 Å². The number of likely N-dealkylation sites (tertiary alicyclic amines) is 1. The van der Waals surface area contributed by atoms with Gasteiger partial charge in [-0.15, -0.1) is 0 Å². The molecule has 0 amide bonds. The van der Waals surface area contributed by atoms with Crippen molar-refractivity contribution < 1.29 is 20.1 Å². The molecular weight excluding hydrogens is 394 g/mol. The zero-order chi connectivity index (χ0) is 22.2. The Kier molecular flexibility index (Phi) is 6.44. The summed E-state index contributed by atoms with van der Waals surface area (Å²) in [5, 5.41) is 30.7. The lowest BCUT2D eigenvalue weighted by atomic mass is 9.79. The number of imidazole rings is 1. The van der Waals surface area contributed by atoms with Gasteiger partial charge in [-0.3, -0.25) is 18.7 Å². The Morgan fingerprint density at radius 3 is 2.43 bits per heavy atom. The zero-order valence-corrected chi connectivity index (χ0v) is 17.4. The summed E-state index contributed by atoms with van der Waals surface area (Å²) in [5.41, 5.74) is -0.761. The number of aliphatic hydroxyl groups excluding tert-OH is 2. The van der Waals surface area contributed by atoms with Gasteiger partial charge in [0.05, 0.1) is 31.0 Å². The van der Waals surface area contributed by atoms with E-state index in [1.54, 1.807) is 7.05 Å². The topological polar surface area (TPSA) is 143 Å². The average Bonchev–Trinajstić information content (AvgIpc) is 3.06. The second-order valence-electron chi connectivity index (χ2n) is 8.25.